The quantitative estimate of drug-likeness (QED) is 0.130. The second-order valence-electron chi connectivity index (χ2n) is 20.7. The minimum atomic E-state index is -1.76. The zero-order valence-electron chi connectivity index (χ0n) is 34.4. The molecule has 14 nitrogen and oxygen atoms in total. The summed E-state index contributed by atoms with van der Waals surface area (Å²) < 4.78 is 24.3. The first-order valence-corrected chi connectivity index (χ1v) is 21.4. The summed E-state index contributed by atoms with van der Waals surface area (Å²) in [6.45, 7) is 13.9. The normalized spacial score (nSPS) is 54.8. The van der Waals surface area contributed by atoms with Gasteiger partial charge < -0.3 is 70.0 Å². The molecule has 324 valence electrons. The van der Waals surface area contributed by atoms with Gasteiger partial charge in [0.15, 0.2) is 12.6 Å². The van der Waals surface area contributed by atoms with E-state index in [1.807, 2.05) is 13.8 Å². The Kier molecular flexibility index (Phi) is 11.7. The van der Waals surface area contributed by atoms with Crippen molar-refractivity contribution in [3.63, 3.8) is 0 Å². The van der Waals surface area contributed by atoms with Crippen molar-refractivity contribution >= 4 is 0 Å². The molecule has 22 atom stereocenters. The fraction of sp³-hybridized carbons (Fsp3) is 1.00. The molecule has 0 radical (unpaired) electrons. The Balaban J connectivity index is 1.10. The Morgan fingerprint density at radius 1 is 0.679 bits per heavy atom. The van der Waals surface area contributed by atoms with E-state index >= 15 is 0 Å². The largest absolute Gasteiger partial charge is 0.394 e. The lowest BCUT2D eigenvalue weighted by atomic mass is 9.41. The third-order valence-electron chi connectivity index (χ3n) is 17.7. The minimum Gasteiger partial charge on any atom is -0.394 e. The lowest BCUT2D eigenvalue weighted by Crippen LogP contribution is -2.65. The lowest BCUT2D eigenvalue weighted by molar-refractivity contribution is -0.377. The van der Waals surface area contributed by atoms with E-state index in [0.717, 1.165) is 32.1 Å². The maximum Gasteiger partial charge on any atom is 0.187 e. The second kappa shape index (κ2) is 15.1. The zero-order valence-corrected chi connectivity index (χ0v) is 34.4. The van der Waals surface area contributed by atoms with Crippen LogP contribution in [-0.4, -0.2) is 150 Å². The Morgan fingerprint density at radius 3 is 1.91 bits per heavy atom. The van der Waals surface area contributed by atoms with Crippen LogP contribution in [0.1, 0.15) is 106 Å². The maximum atomic E-state index is 12.4. The summed E-state index contributed by atoms with van der Waals surface area (Å²) in [6, 6.07) is 0. The summed E-state index contributed by atoms with van der Waals surface area (Å²) in [5, 5.41) is 108. The van der Waals surface area contributed by atoms with Gasteiger partial charge in [0.25, 0.3) is 0 Å². The molecular weight excluding hydrogens is 728 g/mol. The Labute approximate surface area is 331 Å². The molecule has 0 bridgehead atoms. The SMILES string of the molecule is CC(C)C(O)CC[C@@H](C)[C@H]1[C@@H](O)C[C@@]2(C)[C@@H]3CC[C@H]4C(C)(C)[C@@H](O[C@@H]5O[C@H](CO)[C@@H](O)[C@H](O)[C@H]5O[C@@H]5O[C@H](CO)[C@@H](O)[C@H](O)[C@H]5O)CC[C@@]45C[C@@]35CC(O)[C@]12C. The fourth-order valence-electron chi connectivity index (χ4n) is 14.5. The number of aliphatic hydroxyl groups excluding tert-OH is 10. The summed E-state index contributed by atoms with van der Waals surface area (Å²) in [6.07, 6.45) is -9.86. The van der Waals surface area contributed by atoms with Crippen LogP contribution in [-0.2, 0) is 18.9 Å². The molecule has 0 amide bonds. The topological polar surface area (TPSA) is 239 Å². The Hall–Kier alpha value is -0.560. The molecule has 14 heteroatoms. The Bertz CT molecular complexity index is 1400. The van der Waals surface area contributed by atoms with Crippen molar-refractivity contribution in [3.8, 4) is 0 Å². The number of ether oxygens (including phenoxy) is 4. The highest BCUT2D eigenvalue weighted by atomic mass is 16.8. The molecule has 0 aromatic heterocycles. The van der Waals surface area contributed by atoms with E-state index in [1.54, 1.807) is 0 Å². The number of hydrogen-bond acceptors (Lipinski definition) is 14. The van der Waals surface area contributed by atoms with E-state index in [4.69, 9.17) is 18.9 Å². The van der Waals surface area contributed by atoms with Gasteiger partial charge >= 0.3 is 0 Å². The molecule has 2 spiro atoms. The molecule has 5 saturated carbocycles. The maximum absolute atomic E-state index is 12.4. The first-order valence-electron chi connectivity index (χ1n) is 21.4. The summed E-state index contributed by atoms with van der Waals surface area (Å²) in [5.74, 6) is 0.798. The molecule has 0 aromatic rings. The van der Waals surface area contributed by atoms with Crippen LogP contribution >= 0.6 is 0 Å². The van der Waals surface area contributed by atoms with E-state index in [0.29, 0.717) is 31.6 Å². The molecule has 56 heavy (non-hydrogen) atoms. The van der Waals surface area contributed by atoms with E-state index in [1.165, 1.54) is 0 Å². The molecule has 10 N–H and O–H groups in total. The fourth-order valence-corrected chi connectivity index (χ4v) is 14.5. The van der Waals surface area contributed by atoms with Crippen molar-refractivity contribution in [1.82, 2.24) is 0 Å². The monoisotopic (exact) mass is 800 g/mol. The van der Waals surface area contributed by atoms with Gasteiger partial charge in [-0.05, 0) is 109 Å². The van der Waals surface area contributed by atoms with E-state index in [9.17, 15) is 51.1 Å². The zero-order chi connectivity index (χ0) is 41.1. The van der Waals surface area contributed by atoms with Gasteiger partial charge in [0, 0.05) is 5.41 Å². The smallest absolute Gasteiger partial charge is 0.187 e. The second-order valence-corrected chi connectivity index (χ2v) is 20.7. The van der Waals surface area contributed by atoms with Crippen molar-refractivity contribution in [2.45, 2.75) is 192 Å². The number of fused-ring (bicyclic) bond motifs is 2. The van der Waals surface area contributed by atoms with Gasteiger partial charge in [0.05, 0.1) is 37.6 Å². The average molecular weight is 801 g/mol. The van der Waals surface area contributed by atoms with Crippen molar-refractivity contribution < 1.29 is 70.0 Å². The highest BCUT2D eigenvalue weighted by Gasteiger charge is 2.84. The van der Waals surface area contributed by atoms with E-state index in [-0.39, 0.29) is 39.9 Å². The number of rotatable bonds is 11. The summed E-state index contributed by atoms with van der Waals surface area (Å²) in [7, 11) is 0. The third-order valence-corrected chi connectivity index (χ3v) is 17.7. The van der Waals surface area contributed by atoms with Crippen molar-refractivity contribution in [2.75, 3.05) is 13.2 Å². The average Bonchev–Trinajstić information content (AvgIpc) is 3.74. The van der Waals surface area contributed by atoms with Crippen LogP contribution in [0, 0.1) is 56.7 Å². The molecule has 0 aromatic carbocycles. The summed E-state index contributed by atoms with van der Waals surface area (Å²) in [5.41, 5.74) is -1.26. The van der Waals surface area contributed by atoms with Crippen LogP contribution in [0.4, 0.5) is 0 Å². The van der Waals surface area contributed by atoms with Gasteiger partial charge in [-0.3, -0.25) is 0 Å². The summed E-state index contributed by atoms with van der Waals surface area (Å²) in [4.78, 5) is 0. The Morgan fingerprint density at radius 2 is 1.29 bits per heavy atom. The molecule has 2 aliphatic heterocycles. The molecule has 2 unspecified atom stereocenters. The summed E-state index contributed by atoms with van der Waals surface area (Å²) >= 11 is 0. The van der Waals surface area contributed by atoms with Gasteiger partial charge in [-0.25, -0.2) is 0 Å². The molecule has 2 heterocycles. The van der Waals surface area contributed by atoms with E-state index < -0.39 is 110 Å². The predicted octanol–water partition coefficient (Wildman–Crippen LogP) is 0.810. The van der Waals surface area contributed by atoms with E-state index in [2.05, 4.69) is 34.6 Å². The first kappa shape index (κ1) is 43.5. The number of hydrogen-bond donors (Lipinski definition) is 10. The molecule has 7 rings (SSSR count). The van der Waals surface area contributed by atoms with Crippen molar-refractivity contribution in [1.29, 1.82) is 0 Å². The number of aliphatic hydroxyl groups is 10. The molecule has 5 aliphatic carbocycles. The van der Waals surface area contributed by atoms with Gasteiger partial charge in [-0.2, -0.15) is 0 Å². The van der Waals surface area contributed by atoms with Crippen LogP contribution in [0.3, 0.4) is 0 Å². The standard InChI is InChI=1S/C42H72O14/c1-19(2)21(45)9-8-20(3)29-22(46)14-39(6)26-11-10-25-38(4,5)28(12-13-41(25)18-42(26,41)15-27(47)40(29,39)7)55-37-35(33(51)31(49)24(17-44)54-37)56-36-34(52)32(50)30(48)23(16-43)53-36/h19-37,43-52H,8-18H2,1-7H3/t20-,21?,22+,23-,24-,25+,26+,27?,28+,29+,30-,31-,32+,33+,34-,35-,36+,37+,39+,40-,41-,42+/m1/s1. The molecular formula is C42H72O14. The highest BCUT2D eigenvalue weighted by Crippen LogP contribution is 2.89. The van der Waals surface area contributed by atoms with Gasteiger partial charge in [0.1, 0.15) is 48.8 Å². The van der Waals surface area contributed by atoms with Crippen molar-refractivity contribution in [3.05, 3.63) is 0 Å². The van der Waals surface area contributed by atoms with Gasteiger partial charge in [-0.15, -0.1) is 0 Å². The lowest BCUT2D eigenvalue weighted by Gasteiger charge is -2.64. The minimum absolute atomic E-state index is 0.0242. The first-order chi connectivity index (χ1) is 26.2. The molecule has 7 aliphatic rings. The van der Waals surface area contributed by atoms with Crippen LogP contribution in [0.5, 0.6) is 0 Å². The van der Waals surface area contributed by atoms with Crippen LogP contribution < -0.4 is 0 Å². The van der Waals surface area contributed by atoms with Crippen LogP contribution in [0.15, 0.2) is 0 Å². The van der Waals surface area contributed by atoms with Crippen LogP contribution in [0.25, 0.3) is 0 Å². The highest BCUT2D eigenvalue weighted by molar-refractivity contribution is 5.32. The van der Waals surface area contributed by atoms with Crippen molar-refractivity contribution in [2.24, 2.45) is 56.7 Å². The predicted molar refractivity (Wildman–Crippen MR) is 200 cm³/mol. The third kappa shape index (κ3) is 6.24. The van der Waals surface area contributed by atoms with Gasteiger partial charge in [0.2, 0.25) is 0 Å². The molecule has 2 saturated heterocycles. The molecule has 7 fully saturated rings. The van der Waals surface area contributed by atoms with Gasteiger partial charge in [-0.1, -0.05) is 48.5 Å². The van der Waals surface area contributed by atoms with Crippen LogP contribution in [0.2, 0.25) is 0 Å².